The molecule has 0 spiro atoms. The SMILES string of the molecule is CNC(CCC1CC1)CSC(C)C. The summed E-state index contributed by atoms with van der Waals surface area (Å²) in [5, 5.41) is 4.19. The summed E-state index contributed by atoms with van der Waals surface area (Å²) < 4.78 is 0. The van der Waals surface area contributed by atoms with Gasteiger partial charge in [-0.3, -0.25) is 0 Å². The summed E-state index contributed by atoms with van der Waals surface area (Å²) in [7, 11) is 2.10. The van der Waals surface area contributed by atoms with Gasteiger partial charge in [0.1, 0.15) is 0 Å². The van der Waals surface area contributed by atoms with Crippen molar-refractivity contribution in [3.8, 4) is 0 Å². The molecule has 1 saturated carbocycles. The Morgan fingerprint density at radius 2 is 2.08 bits per heavy atom. The summed E-state index contributed by atoms with van der Waals surface area (Å²) in [6.45, 7) is 4.55. The van der Waals surface area contributed by atoms with Gasteiger partial charge in [-0.25, -0.2) is 0 Å². The van der Waals surface area contributed by atoms with Crippen molar-refractivity contribution in [2.45, 2.75) is 50.8 Å². The van der Waals surface area contributed by atoms with Gasteiger partial charge in [-0.05, 0) is 31.1 Å². The van der Waals surface area contributed by atoms with E-state index < -0.39 is 0 Å². The second kappa shape index (κ2) is 5.92. The van der Waals surface area contributed by atoms with E-state index >= 15 is 0 Å². The Hall–Kier alpha value is 0.310. The maximum atomic E-state index is 3.42. The van der Waals surface area contributed by atoms with Gasteiger partial charge in [0.2, 0.25) is 0 Å². The fourth-order valence-corrected chi connectivity index (χ4v) is 2.41. The monoisotopic (exact) mass is 201 g/mol. The molecule has 0 saturated heterocycles. The van der Waals surface area contributed by atoms with E-state index in [1.54, 1.807) is 0 Å². The smallest absolute Gasteiger partial charge is 0.0155 e. The number of hydrogen-bond acceptors (Lipinski definition) is 2. The zero-order valence-electron chi connectivity index (χ0n) is 9.18. The lowest BCUT2D eigenvalue weighted by Gasteiger charge is -2.16. The Balaban J connectivity index is 2.02. The lowest BCUT2D eigenvalue weighted by atomic mass is 10.1. The van der Waals surface area contributed by atoms with Crippen LogP contribution in [0.15, 0.2) is 0 Å². The Kier molecular flexibility index (Phi) is 5.18. The lowest BCUT2D eigenvalue weighted by Crippen LogP contribution is -2.28. The van der Waals surface area contributed by atoms with Crippen molar-refractivity contribution in [1.29, 1.82) is 0 Å². The molecular formula is C11H23NS. The van der Waals surface area contributed by atoms with Crippen LogP contribution in [0.2, 0.25) is 0 Å². The van der Waals surface area contributed by atoms with E-state index in [9.17, 15) is 0 Å². The highest BCUT2D eigenvalue weighted by atomic mass is 32.2. The third-order valence-corrected chi connectivity index (χ3v) is 3.92. The van der Waals surface area contributed by atoms with E-state index in [0.717, 1.165) is 17.2 Å². The van der Waals surface area contributed by atoms with Crippen LogP contribution in [0, 0.1) is 5.92 Å². The number of nitrogens with one attached hydrogen (secondary N) is 1. The maximum Gasteiger partial charge on any atom is 0.0155 e. The summed E-state index contributed by atoms with van der Waals surface area (Å²) in [6, 6.07) is 0.744. The normalized spacial score (nSPS) is 19.4. The van der Waals surface area contributed by atoms with Gasteiger partial charge in [0.05, 0.1) is 0 Å². The molecular weight excluding hydrogens is 178 g/mol. The predicted molar refractivity (Wildman–Crippen MR) is 62.4 cm³/mol. The average Bonchev–Trinajstić information content (AvgIpc) is 2.88. The largest absolute Gasteiger partial charge is 0.316 e. The number of rotatable bonds is 7. The van der Waals surface area contributed by atoms with Crippen molar-refractivity contribution in [2.75, 3.05) is 12.8 Å². The van der Waals surface area contributed by atoms with Gasteiger partial charge in [-0.2, -0.15) is 11.8 Å². The van der Waals surface area contributed by atoms with Crippen molar-refractivity contribution in [1.82, 2.24) is 5.32 Å². The first-order valence-electron chi connectivity index (χ1n) is 5.51. The molecule has 0 aliphatic heterocycles. The first-order chi connectivity index (χ1) is 6.22. The zero-order valence-corrected chi connectivity index (χ0v) is 9.99. The Bertz CT molecular complexity index is 126. The highest BCUT2D eigenvalue weighted by Crippen LogP contribution is 2.34. The van der Waals surface area contributed by atoms with Crippen molar-refractivity contribution in [3.05, 3.63) is 0 Å². The second-order valence-electron chi connectivity index (χ2n) is 4.39. The minimum absolute atomic E-state index is 0.744. The topological polar surface area (TPSA) is 12.0 Å². The molecule has 1 N–H and O–H groups in total. The minimum Gasteiger partial charge on any atom is -0.316 e. The summed E-state index contributed by atoms with van der Waals surface area (Å²) >= 11 is 2.07. The third-order valence-electron chi connectivity index (χ3n) is 2.66. The molecule has 0 bridgehead atoms. The lowest BCUT2D eigenvalue weighted by molar-refractivity contribution is 0.525. The standard InChI is InChI=1S/C11H23NS/c1-9(2)13-8-11(12-3)7-6-10-4-5-10/h9-12H,4-8H2,1-3H3. The molecule has 1 atom stereocenters. The molecule has 1 nitrogen and oxygen atoms in total. The van der Waals surface area contributed by atoms with E-state index in [1.807, 2.05) is 0 Å². The molecule has 1 fully saturated rings. The molecule has 0 aromatic rings. The number of thioether (sulfide) groups is 1. The van der Waals surface area contributed by atoms with Gasteiger partial charge in [0, 0.05) is 11.8 Å². The van der Waals surface area contributed by atoms with E-state index in [0.29, 0.717) is 0 Å². The van der Waals surface area contributed by atoms with E-state index in [4.69, 9.17) is 0 Å². The quantitative estimate of drug-likeness (QED) is 0.680. The number of hydrogen-bond donors (Lipinski definition) is 1. The van der Waals surface area contributed by atoms with E-state index in [1.165, 1.54) is 31.4 Å². The van der Waals surface area contributed by atoms with Crippen LogP contribution < -0.4 is 5.32 Å². The summed E-state index contributed by atoms with van der Waals surface area (Å²) in [5.41, 5.74) is 0. The van der Waals surface area contributed by atoms with Gasteiger partial charge in [0.25, 0.3) is 0 Å². The van der Waals surface area contributed by atoms with Crippen LogP contribution in [0.5, 0.6) is 0 Å². The molecule has 0 aromatic carbocycles. The fraction of sp³-hybridized carbons (Fsp3) is 1.00. The summed E-state index contributed by atoms with van der Waals surface area (Å²) in [5.74, 6) is 2.36. The van der Waals surface area contributed by atoms with Gasteiger partial charge in [-0.15, -0.1) is 0 Å². The van der Waals surface area contributed by atoms with Crippen LogP contribution in [-0.2, 0) is 0 Å². The molecule has 2 heteroatoms. The van der Waals surface area contributed by atoms with Crippen LogP contribution in [0.1, 0.15) is 39.5 Å². The zero-order chi connectivity index (χ0) is 9.68. The average molecular weight is 201 g/mol. The predicted octanol–water partition coefficient (Wildman–Crippen LogP) is 2.91. The maximum absolute atomic E-state index is 3.42. The summed E-state index contributed by atoms with van der Waals surface area (Å²) in [6.07, 6.45) is 5.81. The van der Waals surface area contributed by atoms with Gasteiger partial charge in [-0.1, -0.05) is 26.7 Å². The van der Waals surface area contributed by atoms with Gasteiger partial charge >= 0.3 is 0 Å². The van der Waals surface area contributed by atoms with Crippen LogP contribution >= 0.6 is 11.8 Å². The molecule has 1 rings (SSSR count). The molecule has 0 radical (unpaired) electrons. The molecule has 1 unspecified atom stereocenters. The van der Waals surface area contributed by atoms with Crippen molar-refractivity contribution in [2.24, 2.45) is 5.92 Å². The molecule has 78 valence electrons. The Labute approximate surface area is 87.1 Å². The molecule has 0 heterocycles. The first-order valence-corrected chi connectivity index (χ1v) is 6.56. The Morgan fingerprint density at radius 1 is 1.38 bits per heavy atom. The van der Waals surface area contributed by atoms with Crippen molar-refractivity contribution < 1.29 is 0 Å². The second-order valence-corrected chi connectivity index (χ2v) is 6.00. The van der Waals surface area contributed by atoms with Crippen molar-refractivity contribution >= 4 is 11.8 Å². The third kappa shape index (κ3) is 5.58. The van der Waals surface area contributed by atoms with Gasteiger partial charge in [0.15, 0.2) is 0 Å². The molecule has 1 aliphatic rings. The van der Waals surface area contributed by atoms with E-state index in [-0.39, 0.29) is 0 Å². The molecule has 0 aromatic heterocycles. The van der Waals surface area contributed by atoms with Crippen molar-refractivity contribution in [3.63, 3.8) is 0 Å². The first kappa shape index (κ1) is 11.4. The Morgan fingerprint density at radius 3 is 2.54 bits per heavy atom. The van der Waals surface area contributed by atoms with Crippen LogP contribution in [-0.4, -0.2) is 24.1 Å². The van der Waals surface area contributed by atoms with Crippen LogP contribution in [0.4, 0.5) is 0 Å². The van der Waals surface area contributed by atoms with E-state index in [2.05, 4.69) is 38.0 Å². The highest BCUT2D eigenvalue weighted by Gasteiger charge is 2.22. The highest BCUT2D eigenvalue weighted by molar-refractivity contribution is 7.99. The van der Waals surface area contributed by atoms with Crippen LogP contribution in [0.3, 0.4) is 0 Å². The summed E-state index contributed by atoms with van der Waals surface area (Å²) in [4.78, 5) is 0. The van der Waals surface area contributed by atoms with Crippen LogP contribution in [0.25, 0.3) is 0 Å². The molecule has 13 heavy (non-hydrogen) atoms. The fourth-order valence-electron chi connectivity index (χ4n) is 1.46. The molecule has 0 amide bonds. The van der Waals surface area contributed by atoms with Gasteiger partial charge < -0.3 is 5.32 Å². The minimum atomic E-state index is 0.744. The molecule has 1 aliphatic carbocycles.